The van der Waals surface area contributed by atoms with Gasteiger partial charge in [0, 0.05) is 21.9 Å². The molecule has 5 nitrogen and oxygen atoms in total. The second kappa shape index (κ2) is 8.45. The number of halogens is 1. The molecule has 2 heterocycles. The first-order chi connectivity index (χ1) is 12.0. The smallest absolute Gasteiger partial charge is 0.315 e. The Balaban J connectivity index is 1.34. The average Bonchev–Trinajstić information content (AvgIpc) is 3.11. The minimum atomic E-state index is -0.0402. The minimum absolute atomic E-state index is 0.0199. The molecule has 0 spiro atoms. The molecule has 0 radical (unpaired) electrons. The van der Waals surface area contributed by atoms with E-state index in [9.17, 15) is 9.59 Å². The summed E-state index contributed by atoms with van der Waals surface area (Å²) in [6.45, 7) is 2.01. The Morgan fingerprint density at radius 3 is 2.84 bits per heavy atom. The largest absolute Gasteiger partial charge is 0.350 e. The van der Waals surface area contributed by atoms with Gasteiger partial charge in [0.25, 0.3) is 0 Å². The maximum absolute atomic E-state index is 12.1. The summed E-state index contributed by atoms with van der Waals surface area (Å²) < 4.78 is 1.04. The molecule has 2 aliphatic rings. The highest BCUT2D eigenvalue weighted by atomic mass is 79.9. The van der Waals surface area contributed by atoms with E-state index in [1.54, 1.807) is 0 Å². The summed E-state index contributed by atoms with van der Waals surface area (Å²) in [7, 11) is 0. The second-order valence-electron chi connectivity index (χ2n) is 6.71. The summed E-state index contributed by atoms with van der Waals surface area (Å²) in [6.07, 6.45) is 3.49. The van der Waals surface area contributed by atoms with E-state index in [1.807, 2.05) is 43.0 Å². The summed E-state index contributed by atoms with van der Waals surface area (Å²) in [5.41, 5.74) is 1.11. The number of urea groups is 1. The van der Waals surface area contributed by atoms with Gasteiger partial charge >= 0.3 is 6.03 Å². The third kappa shape index (κ3) is 4.91. The molecule has 3 rings (SSSR count). The van der Waals surface area contributed by atoms with Crippen LogP contribution in [-0.2, 0) is 4.79 Å². The zero-order chi connectivity index (χ0) is 17.8. The highest BCUT2D eigenvalue weighted by molar-refractivity contribution is 9.10. The van der Waals surface area contributed by atoms with Gasteiger partial charge in [-0.25, -0.2) is 4.79 Å². The molecule has 3 amide bonds. The van der Waals surface area contributed by atoms with Crippen molar-refractivity contribution >= 4 is 39.6 Å². The number of carbonyl (C=O) groups is 2. The zero-order valence-electron chi connectivity index (χ0n) is 14.3. The van der Waals surface area contributed by atoms with Gasteiger partial charge in [0.1, 0.15) is 0 Å². The maximum atomic E-state index is 12.1. The molecule has 3 N–H and O–H groups in total. The third-order valence-electron chi connectivity index (χ3n) is 4.83. The first-order valence-corrected chi connectivity index (χ1v) is 10.6. The molecule has 0 aliphatic carbocycles. The summed E-state index contributed by atoms with van der Waals surface area (Å²) in [5, 5.41) is 9.49. The van der Waals surface area contributed by atoms with Crippen molar-refractivity contribution in [2.24, 2.45) is 0 Å². The normalized spacial score (nSPS) is 25.8. The van der Waals surface area contributed by atoms with Gasteiger partial charge in [-0.2, -0.15) is 11.8 Å². The van der Waals surface area contributed by atoms with Gasteiger partial charge in [-0.05, 0) is 37.5 Å². The van der Waals surface area contributed by atoms with Crippen LogP contribution in [0.5, 0.6) is 0 Å². The predicted octanol–water partition coefficient (Wildman–Crippen LogP) is 3.35. The van der Waals surface area contributed by atoms with E-state index < -0.39 is 0 Å². The number of hydrogen-bond donors (Lipinski definition) is 3. The highest BCUT2D eigenvalue weighted by Crippen LogP contribution is 2.33. The number of rotatable bonds is 7. The molecule has 25 heavy (non-hydrogen) atoms. The van der Waals surface area contributed by atoms with Gasteiger partial charge in [0.2, 0.25) is 5.91 Å². The summed E-state index contributed by atoms with van der Waals surface area (Å²) in [4.78, 5) is 23.5. The molecule has 1 aromatic rings. The number of amides is 3. The van der Waals surface area contributed by atoms with Crippen LogP contribution >= 0.6 is 27.7 Å². The molecule has 1 unspecified atom stereocenters. The van der Waals surface area contributed by atoms with E-state index in [0.29, 0.717) is 11.7 Å². The number of benzene rings is 1. The van der Waals surface area contributed by atoms with Crippen molar-refractivity contribution in [3.8, 4) is 0 Å². The monoisotopic (exact) mass is 425 g/mol. The molecule has 0 aromatic heterocycles. The van der Waals surface area contributed by atoms with Crippen LogP contribution in [-0.4, -0.2) is 35.0 Å². The number of thioether (sulfide) groups is 1. The van der Waals surface area contributed by atoms with E-state index in [0.717, 1.165) is 35.1 Å². The lowest BCUT2D eigenvalue weighted by Crippen LogP contribution is -2.36. The van der Waals surface area contributed by atoms with E-state index in [1.165, 1.54) is 0 Å². The summed E-state index contributed by atoms with van der Waals surface area (Å²) >= 11 is 5.34. The molecular weight excluding hydrogens is 402 g/mol. The van der Waals surface area contributed by atoms with Crippen molar-refractivity contribution in [1.82, 2.24) is 16.0 Å². The lowest BCUT2D eigenvalue weighted by Gasteiger charge is -2.17. The van der Waals surface area contributed by atoms with Crippen LogP contribution < -0.4 is 16.0 Å². The SMILES string of the molecule is CC(NC(=O)CCCC[C@@H]1SC[C@@H]2NC(=O)N[C@@H]21)c1ccc(Br)cc1. The Morgan fingerprint density at radius 1 is 1.32 bits per heavy atom. The molecule has 7 heteroatoms. The van der Waals surface area contributed by atoms with Crippen molar-refractivity contribution < 1.29 is 9.59 Å². The number of hydrogen-bond acceptors (Lipinski definition) is 3. The van der Waals surface area contributed by atoms with Crippen molar-refractivity contribution in [2.45, 2.75) is 56.0 Å². The van der Waals surface area contributed by atoms with Gasteiger partial charge in [0.15, 0.2) is 0 Å². The third-order valence-corrected chi connectivity index (χ3v) is 6.87. The number of carbonyl (C=O) groups excluding carboxylic acids is 2. The van der Waals surface area contributed by atoms with Gasteiger partial charge in [-0.15, -0.1) is 0 Å². The van der Waals surface area contributed by atoms with Crippen LogP contribution in [0.25, 0.3) is 0 Å². The molecule has 4 atom stereocenters. The Labute approximate surface area is 161 Å². The molecule has 136 valence electrons. The Hall–Kier alpha value is -1.21. The molecule has 0 saturated carbocycles. The predicted molar refractivity (Wildman–Crippen MR) is 105 cm³/mol. The first kappa shape index (κ1) is 18.6. The minimum Gasteiger partial charge on any atom is -0.350 e. The molecule has 0 bridgehead atoms. The topological polar surface area (TPSA) is 70.2 Å². The lowest BCUT2D eigenvalue weighted by molar-refractivity contribution is -0.121. The van der Waals surface area contributed by atoms with Crippen molar-refractivity contribution in [3.05, 3.63) is 34.3 Å². The second-order valence-corrected chi connectivity index (χ2v) is 8.90. The molecule has 2 saturated heterocycles. The van der Waals surface area contributed by atoms with Crippen LogP contribution in [0.2, 0.25) is 0 Å². The Morgan fingerprint density at radius 2 is 2.08 bits per heavy atom. The fraction of sp³-hybridized carbons (Fsp3) is 0.556. The van der Waals surface area contributed by atoms with Crippen molar-refractivity contribution in [3.63, 3.8) is 0 Å². The summed E-state index contributed by atoms with van der Waals surface area (Å²) in [5.74, 6) is 1.09. The zero-order valence-corrected chi connectivity index (χ0v) is 16.7. The quantitative estimate of drug-likeness (QED) is 0.463. The first-order valence-electron chi connectivity index (χ1n) is 8.76. The van der Waals surface area contributed by atoms with Crippen LogP contribution in [0.4, 0.5) is 4.79 Å². The van der Waals surface area contributed by atoms with Crippen LogP contribution in [0.1, 0.15) is 44.2 Å². The van der Waals surface area contributed by atoms with Gasteiger partial charge in [-0.3, -0.25) is 4.79 Å². The van der Waals surface area contributed by atoms with Crippen LogP contribution in [0, 0.1) is 0 Å². The lowest BCUT2D eigenvalue weighted by atomic mass is 10.0. The number of unbranched alkanes of at least 4 members (excludes halogenated alkanes) is 1. The van der Waals surface area contributed by atoms with Gasteiger partial charge in [-0.1, -0.05) is 34.5 Å². The van der Waals surface area contributed by atoms with E-state index in [2.05, 4.69) is 31.9 Å². The molecular formula is C18H24BrN3O2S. The molecule has 2 aliphatic heterocycles. The molecule has 1 aromatic carbocycles. The summed E-state index contributed by atoms with van der Waals surface area (Å²) in [6, 6.07) is 8.52. The van der Waals surface area contributed by atoms with E-state index in [-0.39, 0.29) is 30.1 Å². The number of nitrogens with one attached hydrogen (secondary N) is 3. The van der Waals surface area contributed by atoms with Crippen molar-refractivity contribution in [2.75, 3.05) is 5.75 Å². The van der Waals surface area contributed by atoms with Crippen molar-refractivity contribution in [1.29, 1.82) is 0 Å². The Bertz CT molecular complexity index is 625. The average molecular weight is 426 g/mol. The van der Waals surface area contributed by atoms with Gasteiger partial charge in [0.05, 0.1) is 18.1 Å². The van der Waals surface area contributed by atoms with Gasteiger partial charge < -0.3 is 16.0 Å². The highest BCUT2D eigenvalue weighted by Gasteiger charge is 2.42. The van der Waals surface area contributed by atoms with E-state index in [4.69, 9.17) is 0 Å². The fourth-order valence-corrected chi connectivity index (χ4v) is 5.23. The molecule has 2 fully saturated rings. The van der Waals surface area contributed by atoms with E-state index >= 15 is 0 Å². The van der Waals surface area contributed by atoms with Crippen LogP contribution in [0.3, 0.4) is 0 Å². The standard InChI is InChI=1S/C18H24BrN3O2S/c1-11(12-6-8-13(19)9-7-12)20-16(23)5-3-2-4-15-17-14(10-25-15)21-18(24)22-17/h6-9,11,14-15,17H,2-5,10H2,1H3,(H,20,23)(H2,21,22,24)/t11?,14-,15-,17-/m0/s1. The Kier molecular flexibility index (Phi) is 6.28. The van der Waals surface area contributed by atoms with Crippen LogP contribution in [0.15, 0.2) is 28.7 Å². The number of fused-ring (bicyclic) bond motifs is 1. The fourth-order valence-electron chi connectivity index (χ4n) is 3.42. The maximum Gasteiger partial charge on any atom is 0.315 e.